The van der Waals surface area contributed by atoms with Crippen LogP contribution < -0.4 is 5.32 Å². The minimum Gasteiger partial charge on any atom is -0.480 e. The quantitative estimate of drug-likeness (QED) is 0.610. The summed E-state index contributed by atoms with van der Waals surface area (Å²) in [6.45, 7) is 4.49. The molecule has 88 valence electrons. The number of hydrogen-bond acceptors (Lipinski definition) is 4. The van der Waals surface area contributed by atoms with Gasteiger partial charge in [0.05, 0.1) is 13.2 Å². The van der Waals surface area contributed by atoms with Gasteiger partial charge in [-0.1, -0.05) is 6.92 Å². The van der Waals surface area contributed by atoms with Crippen molar-refractivity contribution in [2.24, 2.45) is 0 Å². The second kappa shape index (κ2) is 6.76. The first kappa shape index (κ1) is 12.4. The number of nitrogens with one attached hydrogen (secondary N) is 1. The molecule has 1 fully saturated rings. The number of ether oxygens (including phenoxy) is 2. The Morgan fingerprint density at radius 3 is 2.87 bits per heavy atom. The lowest BCUT2D eigenvalue weighted by Gasteiger charge is -2.26. The van der Waals surface area contributed by atoms with E-state index in [0.29, 0.717) is 26.2 Å². The van der Waals surface area contributed by atoms with E-state index in [4.69, 9.17) is 14.6 Å². The summed E-state index contributed by atoms with van der Waals surface area (Å²) in [4.78, 5) is 10.8. The maximum absolute atomic E-state index is 10.8. The van der Waals surface area contributed by atoms with E-state index < -0.39 is 12.0 Å². The van der Waals surface area contributed by atoms with Gasteiger partial charge in [0.1, 0.15) is 12.1 Å². The van der Waals surface area contributed by atoms with Gasteiger partial charge in [0.2, 0.25) is 0 Å². The van der Waals surface area contributed by atoms with Gasteiger partial charge in [0.25, 0.3) is 0 Å². The normalized spacial score (nSPS) is 18.5. The molecule has 15 heavy (non-hydrogen) atoms. The van der Waals surface area contributed by atoms with Crippen molar-refractivity contribution in [2.45, 2.75) is 31.9 Å². The van der Waals surface area contributed by atoms with Crippen molar-refractivity contribution < 1.29 is 19.4 Å². The Morgan fingerprint density at radius 2 is 2.40 bits per heavy atom. The van der Waals surface area contributed by atoms with Crippen LogP contribution in [-0.4, -0.2) is 49.6 Å². The largest absolute Gasteiger partial charge is 0.480 e. The molecule has 1 aliphatic heterocycles. The van der Waals surface area contributed by atoms with Crippen molar-refractivity contribution >= 4 is 5.97 Å². The Hall–Kier alpha value is -0.650. The zero-order valence-corrected chi connectivity index (χ0v) is 9.07. The molecule has 1 unspecified atom stereocenters. The molecule has 5 nitrogen and oxygen atoms in total. The third-order valence-corrected chi connectivity index (χ3v) is 2.31. The molecule has 0 bridgehead atoms. The summed E-state index contributed by atoms with van der Waals surface area (Å²) >= 11 is 0. The molecule has 1 rings (SSSR count). The van der Waals surface area contributed by atoms with E-state index in [0.717, 1.165) is 13.0 Å². The number of rotatable bonds is 8. The molecular weight excluding hydrogens is 198 g/mol. The van der Waals surface area contributed by atoms with E-state index in [9.17, 15) is 4.79 Å². The number of carbonyl (C=O) groups is 1. The van der Waals surface area contributed by atoms with Gasteiger partial charge >= 0.3 is 5.97 Å². The van der Waals surface area contributed by atoms with E-state index in [1.54, 1.807) is 0 Å². The van der Waals surface area contributed by atoms with E-state index in [2.05, 4.69) is 5.32 Å². The molecule has 0 aliphatic carbocycles. The first-order valence-corrected chi connectivity index (χ1v) is 5.39. The van der Waals surface area contributed by atoms with E-state index in [1.165, 1.54) is 0 Å². The molecule has 0 aromatic carbocycles. The molecule has 0 saturated carbocycles. The summed E-state index contributed by atoms with van der Waals surface area (Å²) in [5.41, 5.74) is 0. The van der Waals surface area contributed by atoms with Crippen molar-refractivity contribution in [3.8, 4) is 0 Å². The molecule has 0 spiro atoms. The van der Waals surface area contributed by atoms with Crippen molar-refractivity contribution in [2.75, 3.05) is 26.4 Å². The molecule has 1 atom stereocenters. The summed E-state index contributed by atoms with van der Waals surface area (Å²) in [5, 5.41) is 11.9. The van der Waals surface area contributed by atoms with Crippen LogP contribution in [0.5, 0.6) is 0 Å². The Bertz CT molecular complexity index is 194. The van der Waals surface area contributed by atoms with Crippen molar-refractivity contribution in [1.29, 1.82) is 0 Å². The monoisotopic (exact) mass is 217 g/mol. The topological polar surface area (TPSA) is 67.8 Å². The van der Waals surface area contributed by atoms with Crippen molar-refractivity contribution in [3.05, 3.63) is 0 Å². The van der Waals surface area contributed by atoms with Crippen molar-refractivity contribution in [3.63, 3.8) is 0 Å². The predicted octanol–water partition coefficient (Wildman–Crippen LogP) is 0.245. The zero-order chi connectivity index (χ0) is 11.1. The molecule has 0 aromatic rings. The Balaban J connectivity index is 2.09. The molecule has 1 saturated heterocycles. The maximum atomic E-state index is 10.8. The van der Waals surface area contributed by atoms with Gasteiger partial charge in [-0.3, -0.25) is 4.79 Å². The van der Waals surface area contributed by atoms with Crippen LogP contribution in [0, 0.1) is 0 Å². The first-order valence-electron chi connectivity index (χ1n) is 5.39. The highest BCUT2D eigenvalue weighted by molar-refractivity contribution is 5.73. The Labute approximate surface area is 89.8 Å². The first-order chi connectivity index (χ1) is 7.24. The van der Waals surface area contributed by atoms with Crippen LogP contribution in [0.1, 0.15) is 19.8 Å². The summed E-state index contributed by atoms with van der Waals surface area (Å²) in [5.74, 6) is -0.808. The molecule has 1 heterocycles. The zero-order valence-electron chi connectivity index (χ0n) is 9.07. The smallest absolute Gasteiger partial charge is 0.320 e. The lowest BCUT2D eigenvalue weighted by molar-refractivity contribution is -0.143. The average molecular weight is 217 g/mol. The lowest BCUT2D eigenvalue weighted by Crippen LogP contribution is -2.40. The van der Waals surface area contributed by atoms with E-state index in [-0.39, 0.29) is 6.10 Å². The van der Waals surface area contributed by atoms with Crippen LogP contribution in [0.25, 0.3) is 0 Å². The molecule has 0 aromatic heterocycles. The second-order valence-electron chi connectivity index (χ2n) is 3.66. The number of carboxylic acid groups (broad SMARTS) is 1. The van der Waals surface area contributed by atoms with Crippen LogP contribution in [0.3, 0.4) is 0 Å². The van der Waals surface area contributed by atoms with Gasteiger partial charge in [-0.05, 0) is 19.4 Å². The van der Waals surface area contributed by atoms with Crippen molar-refractivity contribution in [1.82, 2.24) is 5.32 Å². The summed E-state index contributed by atoms with van der Waals surface area (Å²) in [6, 6.07) is -0.494. The molecule has 5 heteroatoms. The number of aliphatic carboxylic acids is 1. The molecule has 1 aliphatic rings. The van der Waals surface area contributed by atoms with E-state index in [1.807, 2.05) is 6.92 Å². The van der Waals surface area contributed by atoms with Crippen LogP contribution in [-0.2, 0) is 14.3 Å². The minimum absolute atomic E-state index is 0.172. The highest BCUT2D eigenvalue weighted by Crippen LogP contribution is 2.06. The third-order valence-electron chi connectivity index (χ3n) is 2.31. The predicted molar refractivity (Wildman–Crippen MR) is 54.9 cm³/mol. The van der Waals surface area contributed by atoms with Crippen LogP contribution in [0.15, 0.2) is 0 Å². The Morgan fingerprint density at radius 1 is 1.67 bits per heavy atom. The summed E-state index contributed by atoms with van der Waals surface area (Å²) in [7, 11) is 0. The van der Waals surface area contributed by atoms with Crippen LogP contribution >= 0.6 is 0 Å². The number of hydrogen-bond donors (Lipinski definition) is 2. The minimum atomic E-state index is -0.808. The number of carboxylic acids is 1. The Kier molecular flexibility index (Phi) is 5.60. The highest BCUT2D eigenvalue weighted by atomic mass is 16.6. The van der Waals surface area contributed by atoms with Crippen LogP contribution in [0.4, 0.5) is 0 Å². The van der Waals surface area contributed by atoms with Crippen LogP contribution in [0.2, 0.25) is 0 Å². The molecule has 0 radical (unpaired) electrons. The standard InChI is InChI=1S/C10H19NO4/c1-2-4-11-9(10(12)13)3-5-15-8-6-14-7-8/h8-9,11H,2-7H2,1H3,(H,12,13). The third kappa shape index (κ3) is 4.59. The average Bonchev–Trinajstić information content (AvgIpc) is 2.13. The van der Waals surface area contributed by atoms with E-state index >= 15 is 0 Å². The highest BCUT2D eigenvalue weighted by Gasteiger charge is 2.21. The van der Waals surface area contributed by atoms with Gasteiger partial charge in [-0.25, -0.2) is 0 Å². The molecule has 2 N–H and O–H groups in total. The molecular formula is C10H19NO4. The fourth-order valence-electron chi connectivity index (χ4n) is 1.29. The fourth-order valence-corrected chi connectivity index (χ4v) is 1.29. The van der Waals surface area contributed by atoms with Gasteiger partial charge < -0.3 is 19.9 Å². The molecule has 0 amide bonds. The van der Waals surface area contributed by atoms with Gasteiger partial charge in [0.15, 0.2) is 0 Å². The maximum Gasteiger partial charge on any atom is 0.320 e. The lowest BCUT2D eigenvalue weighted by atomic mass is 10.2. The van der Waals surface area contributed by atoms with Gasteiger partial charge in [-0.15, -0.1) is 0 Å². The fraction of sp³-hybridized carbons (Fsp3) is 0.900. The van der Waals surface area contributed by atoms with Gasteiger partial charge in [0, 0.05) is 6.61 Å². The summed E-state index contributed by atoms with van der Waals surface area (Å²) < 4.78 is 10.4. The SMILES string of the molecule is CCCNC(CCOC1COC1)C(=O)O. The summed E-state index contributed by atoms with van der Waals surface area (Å²) in [6.07, 6.45) is 1.61. The van der Waals surface area contributed by atoms with Gasteiger partial charge in [-0.2, -0.15) is 0 Å². The second-order valence-corrected chi connectivity index (χ2v) is 3.66.